The van der Waals surface area contributed by atoms with Gasteiger partial charge in [-0.15, -0.1) is 0 Å². The van der Waals surface area contributed by atoms with Gasteiger partial charge in [-0.3, -0.25) is 0 Å². The topological polar surface area (TPSA) is 35.5 Å². The summed E-state index contributed by atoms with van der Waals surface area (Å²) in [5.74, 6) is 1.22. The first-order valence-electron chi connectivity index (χ1n) is 8.56. The van der Waals surface area contributed by atoms with Crippen LogP contribution in [0.3, 0.4) is 0 Å². The SMILES string of the molecule is Cc1ccc(C(C)C)cc1OCC(=O)Oc1ccc2cc(Br)ccc2c1. The van der Waals surface area contributed by atoms with Crippen molar-refractivity contribution >= 4 is 32.7 Å². The van der Waals surface area contributed by atoms with Crippen LogP contribution in [0.15, 0.2) is 59.1 Å². The minimum atomic E-state index is -0.421. The Morgan fingerprint density at radius 1 is 1.00 bits per heavy atom. The van der Waals surface area contributed by atoms with Gasteiger partial charge in [0.1, 0.15) is 11.5 Å². The highest BCUT2D eigenvalue weighted by molar-refractivity contribution is 9.10. The molecule has 0 aliphatic rings. The first kappa shape index (κ1) is 18.5. The molecular formula is C22H21BrO3. The van der Waals surface area contributed by atoms with Crippen molar-refractivity contribution < 1.29 is 14.3 Å². The molecule has 0 bridgehead atoms. The largest absolute Gasteiger partial charge is 0.482 e. The van der Waals surface area contributed by atoms with Crippen LogP contribution in [-0.2, 0) is 4.79 Å². The summed E-state index contributed by atoms with van der Waals surface area (Å²) in [5, 5.41) is 2.09. The second kappa shape index (κ2) is 7.92. The molecule has 0 spiro atoms. The lowest BCUT2D eigenvalue weighted by atomic mass is 10.0. The maximum Gasteiger partial charge on any atom is 0.349 e. The van der Waals surface area contributed by atoms with Gasteiger partial charge in [0, 0.05) is 4.47 Å². The molecule has 0 radical (unpaired) electrons. The van der Waals surface area contributed by atoms with Crippen molar-refractivity contribution in [3.05, 3.63) is 70.2 Å². The van der Waals surface area contributed by atoms with Gasteiger partial charge in [0.2, 0.25) is 0 Å². The molecule has 4 heteroatoms. The molecule has 0 atom stereocenters. The van der Waals surface area contributed by atoms with Crippen molar-refractivity contribution in [2.45, 2.75) is 26.7 Å². The molecule has 0 saturated carbocycles. The quantitative estimate of drug-likeness (QED) is 0.379. The van der Waals surface area contributed by atoms with Crippen molar-refractivity contribution in [1.82, 2.24) is 0 Å². The molecule has 0 amide bonds. The molecular weight excluding hydrogens is 392 g/mol. The Morgan fingerprint density at radius 3 is 2.50 bits per heavy atom. The molecule has 3 nitrogen and oxygen atoms in total. The van der Waals surface area contributed by atoms with Crippen molar-refractivity contribution in [1.29, 1.82) is 0 Å². The summed E-state index contributed by atoms with van der Waals surface area (Å²) < 4.78 is 12.1. The Labute approximate surface area is 162 Å². The van der Waals surface area contributed by atoms with E-state index in [1.807, 2.05) is 49.4 Å². The Kier molecular flexibility index (Phi) is 5.62. The zero-order chi connectivity index (χ0) is 18.7. The molecule has 0 aromatic heterocycles. The van der Waals surface area contributed by atoms with E-state index in [1.54, 1.807) is 6.07 Å². The third-order valence-electron chi connectivity index (χ3n) is 4.23. The number of esters is 1. The minimum Gasteiger partial charge on any atom is -0.482 e. The normalized spacial score (nSPS) is 11.0. The van der Waals surface area contributed by atoms with E-state index in [1.165, 1.54) is 5.56 Å². The molecule has 0 aliphatic carbocycles. The summed E-state index contributed by atoms with van der Waals surface area (Å²) in [6, 6.07) is 17.6. The van der Waals surface area contributed by atoms with E-state index in [0.29, 0.717) is 11.7 Å². The van der Waals surface area contributed by atoms with Gasteiger partial charge in [-0.1, -0.05) is 54.0 Å². The lowest BCUT2D eigenvalue weighted by Gasteiger charge is -2.12. The van der Waals surface area contributed by atoms with Crippen LogP contribution in [0.2, 0.25) is 0 Å². The van der Waals surface area contributed by atoms with Crippen LogP contribution in [0, 0.1) is 6.92 Å². The van der Waals surface area contributed by atoms with Gasteiger partial charge in [0.25, 0.3) is 0 Å². The minimum absolute atomic E-state index is 0.124. The van der Waals surface area contributed by atoms with E-state index >= 15 is 0 Å². The zero-order valence-corrected chi connectivity index (χ0v) is 16.7. The fraction of sp³-hybridized carbons (Fsp3) is 0.227. The highest BCUT2D eigenvalue weighted by Crippen LogP contribution is 2.26. The third-order valence-corrected chi connectivity index (χ3v) is 4.72. The standard InChI is InChI=1S/C22H21BrO3/c1-14(2)16-5-4-15(3)21(12-16)25-13-22(24)26-20-9-7-17-10-19(23)8-6-18(17)11-20/h4-12,14H,13H2,1-3H3. The van der Waals surface area contributed by atoms with Gasteiger partial charge in [0.15, 0.2) is 6.61 Å². The maximum absolute atomic E-state index is 12.2. The van der Waals surface area contributed by atoms with Crippen LogP contribution in [0.1, 0.15) is 30.9 Å². The molecule has 0 N–H and O–H groups in total. The van der Waals surface area contributed by atoms with E-state index in [9.17, 15) is 4.79 Å². The van der Waals surface area contributed by atoms with Crippen LogP contribution in [0.5, 0.6) is 11.5 Å². The van der Waals surface area contributed by atoms with Gasteiger partial charge in [-0.05, 0) is 65.1 Å². The van der Waals surface area contributed by atoms with Crippen LogP contribution in [0.25, 0.3) is 10.8 Å². The summed E-state index contributed by atoms with van der Waals surface area (Å²) in [6.45, 7) is 6.09. The molecule has 3 aromatic rings. The van der Waals surface area contributed by atoms with E-state index in [2.05, 4.69) is 35.8 Å². The van der Waals surface area contributed by atoms with Crippen LogP contribution in [-0.4, -0.2) is 12.6 Å². The van der Waals surface area contributed by atoms with Crippen LogP contribution < -0.4 is 9.47 Å². The molecule has 0 heterocycles. The number of carbonyl (C=O) groups excluding carboxylic acids is 1. The number of ether oxygens (including phenoxy) is 2. The molecule has 0 fully saturated rings. The smallest absolute Gasteiger partial charge is 0.349 e. The van der Waals surface area contributed by atoms with Gasteiger partial charge >= 0.3 is 5.97 Å². The lowest BCUT2D eigenvalue weighted by Crippen LogP contribution is -2.18. The van der Waals surface area contributed by atoms with Crippen molar-refractivity contribution in [2.24, 2.45) is 0 Å². The number of rotatable bonds is 5. The number of benzene rings is 3. The van der Waals surface area contributed by atoms with Gasteiger partial charge < -0.3 is 9.47 Å². The fourth-order valence-corrected chi connectivity index (χ4v) is 3.07. The highest BCUT2D eigenvalue weighted by atomic mass is 79.9. The summed E-state index contributed by atoms with van der Waals surface area (Å²) in [4.78, 5) is 12.2. The first-order chi connectivity index (χ1) is 12.4. The summed E-state index contributed by atoms with van der Waals surface area (Å²) >= 11 is 3.45. The Balaban J connectivity index is 1.66. The summed E-state index contributed by atoms with van der Waals surface area (Å²) in [5.41, 5.74) is 2.18. The zero-order valence-electron chi connectivity index (χ0n) is 15.1. The van der Waals surface area contributed by atoms with E-state index in [4.69, 9.17) is 9.47 Å². The average molecular weight is 413 g/mol. The number of aryl methyl sites for hydroxylation is 1. The summed E-state index contributed by atoms with van der Waals surface area (Å²) in [7, 11) is 0. The number of carbonyl (C=O) groups is 1. The second-order valence-electron chi connectivity index (χ2n) is 6.60. The average Bonchev–Trinajstić information content (AvgIpc) is 2.61. The molecule has 26 heavy (non-hydrogen) atoms. The third kappa shape index (κ3) is 4.44. The van der Waals surface area contributed by atoms with Gasteiger partial charge in [0.05, 0.1) is 0 Å². The second-order valence-corrected chi connectivity index (χ2v) is 7.51. The molecule has 134 valence electrons. The Hall–Kier alpha value is -2.33. The molecule has 0 aliphatic heterocycles. The van der Waals surface area contributed by atoms with Gasteiger partial charge in [-0.25, -0.2) is 4.79 Å². The fourth-order valence-electron chi connectivity index (χ4n) is 2.69. The summed E-state index contributed by atoms with van der Waals surface area (Å²) in [6.07, 6.45) is 0. The number of halogens is 1. The van der Waals surface area contributed by atoms with Gasteiger partial charge in [-0.2, -0.15) is 0 Å². The van der Waals surface area contributed by atoms with Crippen molar-refractivity contribution in [3.8, 4) is 11.5 Å². The molecule has 0 unspecified atom stereocenters. The number of hydrogen-bond donors (Lipinski definition) is 0. The monoisotopic (exact) mass is 412 g/mol. The van der Waals surface area contributed by atoms with Crippen LogP contribution in [0.4, 0.5) is 0 Å². The first-order valence-corrected chi connectivity index (χ1v) is 9.35. The van der Waals surface area contributed by atoms with E-state index in [0.717, 1.165) is 26.6 Å². The predicted molar refractivity (Wildman–Crippen MR) is 108 cm³/mol. The number of hydrogen-bond acceptors (Lipinski definition) is 3. The maximum atomic E-state index is 12.2. The Bertz CT molecular complexity index is 947. The van der Waals surface area contributed by atoms with Crippen molar-refractivity contribution in [2.75, 3.05) is 6.61 Å². The Morgan fingerprint density at radius 2 is 1.73 bits per heavy atom. The van der Waals surface area contributed by atoms with Crippen molar-refractivity contribution in [3.63, 3.8) is 0 Å². The van der Waals surface area contributed by atoms with E-state index in [-0.39, 0.29) is 6.61 Å². The highest BCUT2D eigenvalue weighted by Gasteiger charge is 2.10. The van der Waals surface area contributed by atoms with E-state index < -0.39 is 5.97 Å². The molecule has 3 aromatic carbocycles. The molecule has 0 saturated heterocycles. The molecule has 3 rings (SSSR count). The predicted octanol–water partition coefficient (Wildman–Crippen LogP) is 6.02. The number of fused-ring (bicyclic) bond motifs is 1. The lowest BCUT2D eigenvalue weighted by molar-refractivity contribution is -0.136. The van der Waals surface area contributed by atoms with Crippen LogP contribution >= 0.6 is 15.9 Å².